The number of aryl methyl sites for hydroxylation is 1. The average Bonchev–Trinajstić information content (AvgIpc) is 3.38. The summed E-state index contributed by atoms with van der Waals surface area (Å²) in [5.74, 6) is 0.935. The number of amides is 1. The van der Waals surface area contributed by atoms with Gasteiger partial charge in [0, 0.05) is 12.5 Å². The van der Waals surface area contributed by atoms with Gasteiger partial charge in [0.05, 0.1) is 22.8 Å². The van der Waals surface area contributed by atoms with Gasteiger partial charge in [-0.2, -0.15) is 4.98 Å². The van der Waals surface area contributed by atoms with E-state index in [1.807, 2.05) is 38.1 Å². The molecule has 2 aromatic carbocycles. The van der Waals surface area contributed by atoms with Crippen LogP contribution in [0, 0.1) is 0 Å². The van der Waals surface area contributed by atoms with Crippen LogP contribution in [-0.2, 0) is 34.2 Å². The molecule has 0 spiro atoms. The van der Waals surface area contributed by atoms with Gasteiger partial charge in [0.15, 0.2) is 12.4 Å². The number of carbonyl (C=O) groups is 1. The molecule has 0 N–H and O–H groups in total. The zero-order valence-corrected chi connectivity index (χ0v) is 18.5. The molecule has 3 aromatic rings. The molecular formula is C22H22N4O5S. The Morgan fingerprint density at radius 3 is 2.75 bits per heavy atom. The lowest BCUT2D eigenvalue weighted by molar-refractivity contribution is -0.121. The highest BCUT2D eigenvalue weighted by Crippen LogP contribution is 2.40. The topological polar surface area (TPSA) is 106 Å². The number of sulfonamides is 1. The number of fused-ring (bicyclic) bond motifs is 2. The van der Waals surface area contributed by atoms with Gasteiger partial charge in [0.25, 0.3) is 15.9 Å². The van der Waals surface area contributed by atoms with E-state index in [0.717, 1.165) is 5.56 Å². The van der Waals surface area contributed by atoms with Gasteiger partial charge < -0.3 is 9.26 Å². The first-order valence-corrected chi connectivity index (χ1v) is 11.8. The zero-order valence-electron chi connectivity index (χ0n) is 17.7. The Labute approximate surface area is 185 Å². The van der Waals surface area contributed by atoms with Crippen molar-refractivity contribution in [1.29, 1.82) is 0 Å². The van der Waals surface area contributed by atoms with E-state index in [1.54, 1.807) is 6.07 Å². The number of hydrogen-bond acceptors (Lipinski definition) is 7. The monoisotopic (exact) mass is 454 g/mol. The van der Waals surface area contributed by atoms with Gasteiger partial charge in [0.2, 0.25) is 5.89 Å². The molecule has 0 saturated carbocycles. The molecule has 0 bridgehead atoms. The average molecular weight is 455 g/mol. The number of anilines is 2. The maximum atomic E-state index is 13.6. The normalized spacial score (nSPS) is 17.8. The van der Waals surface area contributed by atoms with E-state index in [-0.39, 0.29) is 30.0 Å². The molecule has 3 heterocycles. The van der Waals surface area contributed by atoms with Crippen molar-refractivity contribution in [2.75, 3.05) is 15.8 Å². The first-order valence-electron chi connectivity index (χ1n) is 10.4. The summed E-state index contributed by atoms with van der Waals surface area (Å²) < 4.78 is 39.4. The Bertz CT molecular complexity index is 1300. The first kappa shape index (κ1) is 20.5. The third kappa shape index (κ3) is 3.31. The third-order valence-corrected chi connectivity index (χ3v) is 7.61. The predicted octanol–water partition coefficient (Wildman–Crippen LogP) is 2.70. The molecule has 32 heavy (non-hydrogen) atoms. The molecule has 1 aromatic heterocycles. The molecule has 1 atom stereocenters. The van der Waals surface area contributed by atoms with E-state index in [2.05, 4.69) is 10.1 Å². The van der Waals surface area contributed by atoms with Crippen LogP contribution in [0.1, 0.15) is 31.1 Å². The van der Waals surface area contributed by atoms with Gasteiger partial charge in [-0.25, -0.2) is 8.42 Å². The summed E-state index contributed by atoms with van der Waals surface area (Å²) in [4.78, 5) is 18.4. The first-order chi connectivity index (χ1) is 15.4. The highest BCUT2D eigenvalue weighted by Gasteiger charge is 2.37. The van der Waals surface area contributed by atoms with Crippen LogP contribution < -0.4 is 13.9 Å². The van der Waals surface area contributed by atoms with Crippen LogP contribution in [-0.4, -0.2) is 37.1 Å². The lowest BCUT2D eigenvalue weighted by Gasteiger charge is -2.30. The van der Waals surface area contributed by atoms with Crippen molar-refractivity contribution < 1.29 is 22.5 Å². The second-order valence-corrected chi connectivity index (χ2v) is 9.65. The second-order valence-electron chi connectivity index (χ2n) is 7.84. The minimum Gasteiger partial charge on any atom is -0.482 e. The van der Waals surface area contributed by atoms with E-state index >= 15 is 0 Å². The maximum Gasteiger partial charge on any atom is 0.265 e. The molecule has 0 radical (unpaired) electrons. The van der Waals surface area contributed by atoms with E-state index in [0.29, 0.717) is 41.7 Å². The van der Waals surface area contributed by atoms with E-state index in [9.17, 15) is 13.2 Å². The third-order valence-electron chi connectivity index (χ3n) is 5.69. The van der Waals surface area contributed by atoms with Crippen molar-refractivity contribution >= 4 is 27.3 Å². The molecule has 10 heteroatoms. The fraction of sp³-hybridized carbons (Fsp3) is 0.318. The second kappa shape index (κ2) is 7.63. The number of benzene rings is 2. The van der Waals surface area contributed by atoms with Crippen molar-refractivity contribution in [3.63, 3.8) is 0 Å². The van der Waals surface area contributed by atoms with Crippen LogP contribution >= 0.6 is 0 Å². The van der Waals surface area contributed by atoms with Crippen molar-refractivity contribution in [2.24, 2.45) is 0 Å². The number of nitrogens with zero attached hydrogens (tertiary/aromatic N) is 4. The van der Waals surface area contributed by atoms with Gasteiger partial charge in [-0.15, -0.1) is 0 Å². The van der Waals surface area contributed by atoms with Gasteiger partial charge >= 0.3 is 0 Å². The van der Waals surface area contributed by atoms with Gasteiger partial charge in [0.1, 0.15) is 5.75 Å². The quantitative estimate of drug-likeness (QED) is 0.583. The molecule has 1 amide bonds. The summed E-state index contributed by atoms with van der Waals surface area (Å²) in [5.41, 5.74) is 2.04. The zero-order chi connectivity index (χ0) is 22.5. The molecule has 2 aliphatic heterocycles. The highest BCUT2D eigenvalue weighted by atomic mass is 32.2. The van der Waals surface area contributed by atoms with Crippen molar-refractivity contribution in [3.8, 4) is 5.75 Å². The van der Waals surface area contributed by atoms with Crippen LogP contribution in [0.2, 0.25) is 0 Å². The van der Waals surface area contributed by atoms with Crippen LogP contribution in [0.15, 0.2) is 51.9 Å². The predicted molar refractivity (Wildman–Crippen MR) is 116 cm³/mol. The molecule has 2 aliphatic rings. The van der Waals surface area contributed by atoms with Gasteiger partial charge in [-0.05, 0) is 43.2 Å². The molecular weight excluding hydrogens is 432 g/mol. The summed E-state index contributed by atoms with van der Waals surface area (Å²) in [6, 6.07) is 11.9. The summed E-state index contributed by atoms with van der Waals surface area (Å²) in [6.45, 7) is 3.69. The Morgan fingerprint density at radius 2 is 1.97 bits per heavy atom. The standard InChI is InChI=1S/C22H22N4O5S/c1-3-21-23-20(24-31-21)12-25-18-11-16(8-9-19(18)30-13-22(25)27)32(28,29)26-14(2)10-15-6-4-5-7-17(15)26/h4-9,11,14H,3,10,12-13H2,1-2H3/t14-/m1/s1. The maximum absolute atomic E-state index is 13.6. The Hall–Kier alpha value is -3.40. The van der Waals surface area contributed by atoms with Crippen molar-refractivity contribution in [2.45, 2.75) is 44.2 Å². The molecule has 0 unspecified atom stereocenters. The molecule has 0 aliphatic carbocycles. The number of aromatic nitrogens is 2. The summed E-state index contributed by atoms with van der Waals surface area (Å²) >= 11 is 0. The fourth-order valence-electron chi connectivity index (χ4n) is 4.17. The fourth-order valence-corrected chi connectivity index (χ4v) is 5.89. The SMILES string of the molecule is CCc1nc(CN2C(=O)COc3ccc(S(=O)(=O)N4c5ccccc5C[C@H]4C)cc32)no1. The van der Waals surface area contributed by atoms with Crippen LogP contribution in [0.4, 0.5) is 11.4 Å². The van der Waals surface area contributed by atoms with Gasteiger partial charge in [-0.1, -0.05) is 30.3 Å². The molecule has 0 saturated heterocycles. The van der Waals surface area contributed by atoms with Crippen molar-refractivity contribution in [3.05, 3.63) is 59.7 Å². The smallest absolute Gasteiger partial charge is 0.265 e. The van der Waals surface area contributed by atoms with Crippen LogP contribution in [0.25, 0.3) is 0 Å². The Kier molecular flexibility index (Phi) is 4.89. The van der Waals surface area contributed by atoms with Crippen LogP contribution in [0.3, 0.4) is 0 Å². The Balaban J connectivity index is 1.53. The summed E-state index contributed by atoms with van der Waals surface area (Å²) in [6.07, 6.45) is 1.23. The van der Waals surface area contributed by atoms with E-state index < -0.39 is 10.0 Å². The minimum absolute atomic E-state index is 0.0607. The van der Waals surface area contributed by atoms with Gasteiger partial charge in [-0.3, -0.25) is 14.0 Å². The minimum atomic E-state index is -3.86. The van der Waals surface area contributed by atoms with Crippen molar-refractivity contribution in [1.82, 2.24) is 10.1 Å². The number of para-hydroxylation sites is 1. The van der Waals surface area contributed by atoms with E-state index in [1.165, 1.54) is 21.3 Å². The largest absolute Gasteiger partial charge is 0.482 e. The summed E-state index contributed by atoms with van der Waals surface area (Å²) in [5, 5.41) is 3.91. The van der Waals surface area contributed by atoms with Crippen LogP contribution in [0.5, 0.6) is 5.75 Å². The molecule has 5 rings (SSSR count). The molecule has 9 nitrogen and oxygen atoms in total. The van der Waals surface area contributed by atoms with E-state index in [4.69, 9.17) is 9.26 Å². The lowest BCUT2D eigenvalue weighted by Crippen LogP contribution is -2.39. The lowest BCUT2D eigenvalue weighted by atomic mass is 10.1. The molecule has 166 valence electrons. The molecule has 0 fully saturated rings. The number of hydrogen-bond donors (Lipinski definition) is 0. The number of carbonyl (C=O) groups excluding carboxylic acids is 1. The number of rotatable bonds is 5. The summed E-state index contributed by atoms with van der Waals surface area (Å²) in [7, 11) is -3.86. The highest BCUT2D eigenvalue weighted by molar-refractivity contribution is 7.92. The number of ether oxygens (including phenoxy) is 1. The Morgan fingerprint density at radius 1 is 1.16 bits per heavy atom.